The van der Waals surface area contributed by atoms with Crippen molar-refractivity contribution in [3.8, 4) is 5.75 Å². The Balaban J connectivity index is 1.60. The molecule has 2 aromatic carbocycles. The molecule has 6 nitrogen and oxygen atoms in total. The van der Waals surface area contributed by atoms with Crippen LogP contribution in [0.15, 0.2) is 54.7 Å². The Morgan fingerprint density at radius 2 is 2.00 bits per heavy atom. The molecule has 0 atom stereocenters. The minimum absolute atomic E-state index is 0.141. The van der Waals surface area contributed by atoms with E-state index in [9.17, 15) is 10.1 Å². The Hall–Kier alpha value is -2.86. The van der Waals surface area contributed by atoms with Gasteiger partial charge in [-0.1, -0.05) is 48.0 Å². The molecule has 0 saturated carbocycles. The number of hydrogen-bond acceptors (Lipinski definition) is 5. The Morgan fingerprint density at radius 3 is 2.79 bits per heavy atom. The molecule has 122 valence electrons. The largest absolute Gasteiger partial charge is 0.491 e. The van der Waals surface area contributed by atoms with Gasteiger partial charge in [0, 0.05) is 11.5 Å². The predicted octanol–water partition coefficient (Wildman–Crippen LogP) is 4.29. The lowest BCUT2D eigenvalue weighted by molar-refractivity contribution is -0.385. The van der Waals surface area contributed by atoms with Crippen molar-refractivity contribution >= 4 is 33.9 Å². The molecule has 0 unspecified atom stereocenters. The smallest absolute Gasteiger partial charge is 0.289 e. The predicted molar refractivity (Wildman–Crippen MR) is 93.8 cm³/mol. The summed E-state index contributed by atoms with van der Waals surface area (Å²) in [4.78, 5) is 14.1. The summed E-state index contributed by atoms with van der Waals surface area (Å²) in [5, 5.41) is 16.0. The summed E-state index contributed by atoms with van der Waals surface area (Å²) >= 11 is 5.98. The number of nitrogens with one attached hydrogen (secondary N) is 1. The maximum absolute atomic E-state index is 10.7. The summed E-state index contributed by atoms with van der Waals surface area (Å²) in [7, 11) is 0. The van der Waals surface area contributed by atoms with Gasteiger partial charge in [0.05, 0.1) is 16.5 Å². The summed E-state index contributed by atoms with van der Waals surface area (Å²) in [6, 6.07) is 15.1. The van der Waals surface area contributed by atoms with Gasteiger partial charge in [-0.25, -0.2) is 4.98 Å². The number of halogens is 1. The van der Waals surface area contributed by atoms with E-state index in [2.05, 4.69) is 10.3 Å². The second-order valence-electron chi connectivity index (χ2n) is 5.03. The molecule has 0 radical (unpaired) electrons. The van der Waals surface area contributed by atoms with Gasteiger partial charge >= 0.3 is 0 Å². The molecule has 0 saturated heterocycles. The monoisotopic (exact) mass is 343 g/mol. The molecule has 24 heavy (non-hydrogen) atoms. The van der Waals surface area contributed by atoms with Crippen LogP contribution >= 0.6 is 11.6 Å². The molecule has 0 aliphatic carbocycles. The lowest BCUT2D eigenvalue weighted by atomic mass is 10.1. The molecule has 7 heteroatoms. The van der Waals surface area contributed by atoms with Gasteiger partial charge < -0.3 is 10.1 Å². The molecular weight excluding hydrogens is 330 g/mol. The summed E-state index contributed by atoms with van der Waals surface area (Å²) in [5.74, 6) is 1.20. The van der Waals surface area contributed by atoms with Gasteiger partial charge in [0.25, 0.3) is 5.69 Å². The zero-order valence-electron chi connectivity index (χ0n) is 12.6. The summed E-state index contributed by atoms with van der Waals surface area (Å²) in [6.07, 6.45) is 1.17. The van der Waals surface area contributed by atoms with E-state index >= 15 is 0 Å². The first-order valence-electron chi connectivity index (χ1n) is 7.29. The van der Waals surface area contributed by atoms with Gasteiger partial charge in [-0.2, -0.15) is 0 Å². The van der Waals surface area contributed by atoms with Crippen molar-refractivity contribution in [1.29, 1.82) is 0 Å². The number of anilines is 1. The molecule has 3 rings (SSSR count). The molecule has 0 bridgehead atoms. The maximum Gasteiger partial charge on any atom is 0.289 e. The third-order valence-electron chi connectivity index (χ3n) is 3.44. The number of aromatic nitrogens is 1. The van der Waals surface area contributed by atoms with E-state index in [1.165, 1.54) is 12.3 Å². The summed E-state index contributed by atoms with van der Waals surface area (Å²) in [6.45, 7) is 0.872. The molecule has 1 heterocycles. The van der Waals surface area contributed by atoms with Gasteiger partial charge in [0.1, 0.15) is 24.4 Å². The Morgan fingerprint density at radius 1 is 1.21 bits per heavy atom. The zero-order valence-corrected chi connectivity index (χ0v) is 13.4. The molecule has 1 aromatic heterocycles. The number of nitro groups is 1. The fraction of sp³-hybridized carbons (Fsp3) is 0.118. The SMILES string of the molecule is O=[N+]([O-])c1cnc(NCCOc2cccc3ccccc23)c(Cl)c1. The van der Waals surface area contributed by atoms with Crippen molar-refractivity contribution < 1.29 is 9.66 Å². The van der Waals surface area contributed by atoms with E-state index in [4.69, 9.17) is 16.3 Å². The summed E-state index contributed by atoms with van der Waals surface area (Å²) < 4.78 is 5.80. The maximum atomic E-state index is 10.7. The van der Waals surface area contributed by atoms with Crippen LogP contribution in [0, 0.1) is 10.1 Å². The second kappa shape index (κ2) is 7.14. The van der Waals surface area contributed by atoms with Crippen LogP contribution in [0.5, 0.6) is 5.75 Å². The molecule has 0 amide bonds. The third kappa shape index (κ3) is 3.55. The molecule has 0 aliphatic rings. The second-order valence-corrected chi connectivity index (χ2v) is 5.44. The van der Waals surface area contributed by atoms with Crippen molar-refractivity contribution in [2.45, 2.75) is 0 Å². The van der Waals surface area contributed by atoms with Crippen LogP contribution in [-0.2, 0) is 0 Å². The van der Waals surface area contributed by atoms with Gasteiger partial charge in [-0.05, 0) is 11.5 Å². The number of ether oxygens (including phenoxy) is 1. The average molecular weight is 344 g/mol. The van der Waals surface area contributed by atoms with E-state index in [1.807, 2.05) is 42.5 Å². The van der Waals surface area contributed by atoms with Crippen LogP contribution < -0.4 is 10.1 Å². The van der Waals surface area contributed by atoms with Crippen LogP contribution in [0.1, 0.15) is 0 Å². The first-order chi connectivity index (χ1) is 11.6. The topological polar surface area (TPSA) is 77.3 Å². The van der Waals surface area contributed by atoms with Crippen molar-refractivity contribution in [3.05, 3.63) is 69.9 Å². The van der Waals surface area contributed by atoms with Crippen LogP contribution in [0.3, 0.4) is 0 Å². The lowest BCUT2D eigenvalue weighted by Crippen LogP contribution is -2.12. The lowest BCUT2D eigenvalue weighted by Gasteiger charge is -2.11. The Bertz CT molecular complexity index is 881. The number of benzene rings is 2. The third-order valence-corrected chi connectivity index (χ3v) is 3.73. The molecular formula is C17H14ClN3O3. The molecule has 3 aromatic rings. The average Bonchev–Trinajstić information content (AvgIpc) is 2.59. The van der Waals surface area contributed by atoms with Crippen LogP contribution in [0.25, 0.3) is 10.8 Å². The number of rotatable bonds is 6. The Kier molecular flexibility index (Phi) is 4.77. The van der Waals surface area contributed by atoms with Crippen LogP contribution in [0.2, 0.25) is 5.02 Å². The first-order valence-corrected chi connectivity index (χ1v) is 7.67. The highest BCUT2D eigenvalue weighted by Gasteiger charge is 2.10. The minimum atomic E-state index is -0.535. The standard InChI is InChI=1S/C17H14ClN3O3/c18-15-10-13(21(22)23)11-20-17(15)19-8-9-24-16-7-3-5-12-4-1-2-6-14(12)16/h1-7,10-11H,8-9H2,(H,19,20). The number of fused-ring (bicyclic) bond motifs is 1. The van der Waals surface area contributed by atoms with Crippen LogP contribution in [0.4, 0.5) is 11.5 Å². The quantitative estimate of drug-likeness (QED) is 0.410. The minimum Gasteiger partial charge on any atom is -0.491 e. The number of pyridine rings is 1. The van der Waals surface area contributed by atoms with Gasteiger partial charge in [0.15, 0.2) is 0 Å². The van der Waals surface area contributed by atoms with E-state index < -0.39 is 4.92 Å². The highest BCUT2D eigenvalue weighted by molar-refractivity contribution is 6.33. The van der Waals surface area contributed by atoms with Crippen LogP contribution in [-0.4, -0.2) is 23.1 Å². The molecule has 0 fully saturated rings. The van der Waals surface area contributed by atoms with Crippen molar-refractivity contribution in [2.75, 3.05) is 18.5 Å². The number of hydrogen-bond donors (Lipinski definition) is 1. The first kappa shape index (κ1) is 16.0. The van der Waals surface area contributed by atoms with Gasteiger partial charge in [-0.3, -0.25) is 10.1 Å². The number of nitrogens with zero attached hydrogens (tertiary/aromatic N) is 2. The molecule has 0 spiro atoms. The molecule has 1 N–H and O–H groups in total. The molecule has 0 aliphatic heterocycles. The van der Waals surface area contributed by atoms with E-state index in [1.54, 1.807) is 0 Å². The Labute approximate surface area is 143 Å². The zero-order chi connectivity index (χ0) is 16.9. The van der Waals surface area contributed by atoms with Gasteiger partial charge in [0.2, 0.25) is 0 Å². The fourth-order valence-electron chi connectivity index (χ4n) is 2.31. The van der Waals surface area contributed by atoms with E-state index in [0.717, 1.165) is 16.5 Å². The fourth-order valence-corrected chi connectivity index (χ4v) is 2.54. The van der Waals surface area contributed by atoms with Crippen molar-refractivity contribution in [3.63, 3.8) is 0 Å². The van der Waals surface area contributed by atoms with Crippen molar-refractivity contribution in [1.82, 2.24) is 4.98 Å². The summed E-state index contributed by atoms with van der Waals surface area (Å²) in [5.41, 5.74) is -0.141. The van der Waals surface area contributed by atoms with E-state index in [-0.39, 0.29) is 10.7 Å². The van der Waals surface area contributed by atoms with Crippen molar-refractivity contribution in [2.24, 2.45) is 0 Å². The highest BCUT2D eigenvalue weighted by Crippen LogP contribution is 2.26. The van der Waals surface area contributed by atoms with Gasteiger partial charge in [-0.15, -0.1) is 0 Å². The highest BCUT2D eigenvalue weighted by atomic mass is 35.5. The van der Waals surface area contributed by atoms with E-state index in [0.29, 0.717) is 19.0 Å². The normalized spacial score (nSPS) is 10.5.